The maximum absolute atomic E-state index is 13.6. The molecule has 4 aliphatic rings. The van der Waals surface area contributed by atoms with E-state index < -0.39 is 35.2 Å². The van der Waals surface area contributed by atoms with Crippen molar-refractivity contribution < 1.29 is 37.5 Å². The molecule has 12 nitrogen and oxygen atoms in total. The molecule has 1 spiro atoms. The minimum absolute atomic E-state index is 0.0122. The Kier molecular flexibility index (Phi) is 8.53. The number of amides is 1. The van der Waals surface area contributed by atoms with Gasteiger partial charge >= 0.3 is 12.1 Å². The number of nitrogens with zero attached hydrogens (tertiary/aromatic N) is 7. The van der Waals surface area contributed by atoms with E-state index >= 15 is 0 Å². The van der Waals surface area contributed by atoms with Gasteiger partial charge in [-0.2, -0.15) is 18.3 Å². The zero-order valence-electron chi connectivity index (χ0n) is 26.9. The SMILES string of the molecule is C[C@@H]([C@@H]1CCCN1C(=O)C(F)(F)F)n1nc(I)c2c(N3C[C@](C)(O)CC[C@@H]3CO)nc(-c3noc4c3CCC[C@@]43CCCCC3=O)nc21. The number of likely N-dealkylation sites (tertiary alicyclic amines) is 1. The lowest BCUT2D eigenvalue weighted by molar-refractivity contribution is -0.187. The fraction of sp³-hybridized carbons (Fsp3) is 0.688. The van der Waals surface area contributed by atoms with Crippen molar-refractivity contribution in [3.05, 3.63) is 15.0 Å². The van der Waals surface area contributed by atoms with Crippen LogP contribution in [0.5, 0.6) is 0 Å². The van der Waals surface area contributed by atoms with Crippen LogP contribution in [0, 0.1) is 3.70 Å². The number of aromatic nitrogens is 5. The Balaban J connectivity index is 1.41. The number of fused-ring (bicyclic) bond motifs is 3. The molecular formula is C32H39F3IN7O5. The quantitative estimate of drug-likeness (QED) is 0.351. The maximum atomic E-state index is 13.6. The predicted molar refractivity (Wildman–Crippen MR) is 175 cm³/mol. The molecule has 2 aliphatic heterocycles. The molecule has 5 atom stereocenters. The molecule has 260 valence electrons. The van der Waals surface area contributed by atoms with Crippen molar-refractivity contribution in [3.8, 4) is 11.5 Å². The zero-order chi connectivity index (χ0) is 34.2. The number of carbonyl (C=O) groups is 2. The highest BCUT2D eigenvalue weighted by Crippen LogP contribution is 2.48. The van der Waals surface area contributed by atoms with Gasteiger partial charge in [-0.05, 0) is 94.2 Å². The predicted octanol–water partition coefficient (Wildman–Crippen LogP) is 4.63. The van der Waals surface area contributed by atoms with E-state index in [1.54, 1.807) is 18.5 Å². The molecule has 7 rings (SSSR count). The van der Waals surface area contributed by atoms with Gasteiger partial charge in [0.1, 0.15) is 15.3 Å². The number of β-amino-alcohol motifs (C(OH)–C–C–N with tert-alkyl or cyclic N) is 1. The molecule has 0 radical (unpaired) electrons. The van der Waals surface area contributed by atoms with E-state index in [1.165, 1.54) is 0 Å². The van der Waals surface area contributed by atoms with E-state index in [4.69, 9.17) is 19.6 Å². The molecule has 2 aliphatic carbocycles. The molecule has 3 fully saturated rings. The number of piperidine rings is 1. The fourth-order valence-electron chi connectivity index (χ4n) is 8.46. The summed E-state index contributed by atoms with van der Waals surface area (Å²) in [6, 6.07) is -1.84. The summed E-state index contributed by atoms with van der Waals surface area (Å²) in [5.41, 5.74) is -0.310. The molecule has 16 heteroatoms. The number of hydrogen-bond donors (Lipinski definition) is 2. The minimum atomic E-state index is -5.00. The Bertz CT molecular complexity index is 1760. The first-order chi connectivity index (χ1) is 22.8. The zero-order valence-corrected chi connectivity index (χ0v) is 29.1. The molecule has 0 unspecified atom stereocenters. The topological polar surface area (TPSA) is 151 Å². The van der Waals surface area contributed by atoms with Gasteiger partial charge in [0.15, 0.2) is 22.9 Å². The third kappa shape index (κ3) is 5.49. The summed E-state index contributed by atoms with van der Waals surface area (Å²) in [5, 5.41) is 31.3. The van der Waals surface area contributed by atoms with Gasteiger partial charge in [0.25, 0.3) is 0 Å². The molecule has 48 heavy (non-hydrogen) atoms. The van der Waals surface area contributed by atoms with E-state index in [0.29, 0.717) is 83.4 Å². The third-order valence-corrected chi connectivity index (χ3v) is 11.7. The molecule has 0 bridgehead atoms. The van der Waals surface area contributed by atoms with Gasteiger partial charge in [-0.3, -0.25) is 9.59 Å². The fourth-order valence-corrected chi connectivity index (χ4v) is 9.18. The Morgan fingerprint density at radius 1 is 1.12 bits per heavy atom. The maximum Gasteiger partial charge on any atom is 0.471 e. The number of aliphatic hydroxyl groups is 2. The summed E-state index contributed by atoms with van der Waals surface area (Å²) >= 11 is 2.05. The number of Topliss-reactive ketones (excluding diaryl/α,β-unsaturated/α-hetero) is 1. The lowest BCUT2D eigenvalue weighted by Gasteiger charge is -2.43. The summed E-state index contributed by atoms with van der Waals surface area (Å²) in [7, 11) is 0. The van der Waals surface area contributed by atoms with E-state index in [-0.39, 0.29) is 37.3 Å². The van der Waals surface area contributed by atoms with E-state index in [1.807, 2.05) is 27.5 Å². The first-order valence-electron chi connectivity index (χ1n) is 16.7. The van der Waals surface area contributed by atoms with Crippen molar-refractivity contribution >= 4 is 51.1 Å². The van der Waals surface area contributed by atoms with Crippen LogP contribution in [-0.2, 0) is 21.4 Å². The summed E-state index contributed by atoms with van der Waals surface area (Å²) in [6.07, 6.45) is 1.76. The van der Waals surface area contributed by atoms with Gasteiger partial charge in [0.05, 0.1) is 41.1 Å². The van der Waals surface area contributed by atoms with Crippen LogP contribution < -0.4 is 4.90 Å². The summed E-state index contributed by atoms with van der Waals surface area (Å²) in [5.74, 6) is -0.546. The number of hydrogen-bond acceptors (Lipinski definition) is 10. The molecule has 2 saturated heterocycles. The Morgan fingerprint density at radius 3 is 2.62 bits per heavy atom. The van der Waals surface area contributed by atoms with E-state index in [9.17, 15) is 33.0 Å². The van der Waals surface area contributed by atoms with Crippen LogP contribution in [0.1, 0.15) is 95.4 Å². The highest BCUT2D eigenvalue weighted by atomic mass is 127. The molecular weight excluding hydrogens is 746 g/mol. The molecule has 3 aromatic rings. The van der Waals surface area contributed by atoms with Crippen molar-refractivity contribution in [2.24, 2.45) is 0 Å². The first-order valence-corrected chi connectivity index (χ1v) is 17.8. The van der Waals surface area contributed by atoms with Crippen LogP contribution in [-0.4, -0.2) is 95.3 Å². The Morgan fingerprint density at radius 2 is 1.90 bits per heavy atom. The number of anilines is 1. The monoisotopic (exact) mass is 785 g/mol. The van der Waals surface area contributed by atoms with E-state index in [0.717, 1.165) is 29.7 Å². The van der Waals surface area contributed by atoms with Crippen LogP contribution in [0.3, 0.4) is 0 Å². The lowest BCUT2D eigenvalue weighted by Crippen LogP contribution is -2.53. The molecule has 5 heterocycles. The Labute approximate surface area is 288 Å². The average Bonchev–Trinajstić information content (AvgIpc) is 3.79. The number of ketones is 1. The van der Waals surface area contributed by atoms with Crippen molar-refractivity contribution in [1.82, 2.24) is 29.8 Å². The van der Waals surface area contributed by atoms with Crippen LogP contribution in [0.4, 0.5) is 19.0 Å². The molecule has 3 aromatic heterocycles. The second-order valence-electron chi connectivity index (χ2n) is 14.2. The minimum Gasteiger partial charge on any atom is -0.394 e. The largest absolute Gasteiger partial charge is 0.471 e. The van der Waals surface area contributed by atoms with Crippen LogP contribution in [0.15, 0.2) is 4.52 Å². The Hall–Kier alpha value is -2.86. The first kappa shape index (κ1) is 33.6. The number of alkyl halides is 3. The summed E-state index contributed by atoms with van der Waals surface area (Å²) in [4.78, 5) is 38.5. The van der Waals surface area contributed by atoms with Gasteiger partial charge in [-0.1, -0.05) is 11.6 Å². The number of halogens is 4. The molecule has 0 aromatic carbocycles. The number of carbonyl (C=O) groups excluding carboxylic acids is 2. The van der Waals surface area contributed by atoms with Crippen molar-refractivity contribution in [1.29, 1.82) is 0 Å². The van der Waals surface area contributed by atoms with Crippen LogP contribution in [0.25, 0.3) is 22.6 Å². The highest BCUT2D eigenvalue weighted by Gasteiger charge is 2.50. The molecule has 1 saturated carbocycles. The van der Waals surface area contributed by atoms with Gasteiger partial charge < -0.3 is 24.5 Å². The summed E-state index contributed by atoms with van der Waals surface area (Å²) in [6.45, 7) is 3.41. The normalized spacial score (nSPS) is 28.8. The van der Waals surface area contributed by atoms with Gasteiger partial charge in [-0.25, -0.2) is 14.6 Å². The highest BCUT2D eigenvalue weighted by molar-refractivity contribution is 14.1. The average molecular weight is 786 g/mol. The second kappa shape index (κ2) is 12.2. The van der Waals surface area contributed by atoms with Crippen molar-refractivity contribution in [2.45, 2.75) is 120 Å². The lowest BCUT2D eigenvalue weighted by atomic mass is 9.64. The second-order valence-corrected chi connectivity index (χ2v) is 15.2. The van der Waals surface area contributed by atoms with Gasteiger partial charge in [0.2, 0.25) is 0 Å². The standard InChI is InChI=1S/C32H39F3IN7O5/c1-17(20-8-6-14-41(20)29(46)32(33,34)35)43-28-22(25(36)39-43)27(42-16-30(2,47)13-10-18(42)15-44)37-26(38-28)23-19-7-5-12-31(24(19)48-40-23)11-4-3-9-21(31)45/h17-18,20,44,47H,3-16H2,1-2H3/t17-,18+,20-,30+,31+/m0/s1. The summed E-state index contributed by atoms with van der Waals surface area (Å²) < 4.78 is 48.8. The number of rotatable bonds is 5. The molecule has 1 amide bonds. The van der Waals surface area contributed by atoms with Crippen molar-refractivity contribution in [3.63, 3.8) is 0 Å². The number of aliphatic hydroxyl groups excluding tert-OH is 1. The van der Waals surface area contributed by atoms with Gasteiger partial charge in [0, 0.05) is 25.1 Å². The van der Waals surface area contributed by atoms with E-state index in [2.05, 4.69) is 5.16 Å². The van der Waals surface area contributed by atoms with Crippen LogP contribution >= 0.6 is 22.6 Å². The molecule has 2 N–H and O–H groups in total. The van der Waals surface area contributed by atoms with Crippen LogP contribution in [0.2, 0.25) is 0 Å². The third-order valence-electron chi connectivity index (χ3n) is 10.9. The smallest absolute Gasteiger partial charge is 0.394 e. The van der Waals surface area contributed by atoms with Gasteiger partial charge in [-0.15, -0.1) is 0 Å². The van der Waals surface area contributed by atoms with Crippen molar-refractivity contribution in [2.75, 3.05) is 24.6 Å².